The highest BCUT2D eigenvalue weighted by Gasteiger charge is 2.16. The van der Waals surface area contributed by atoms with E-state index in [0.29, 0.717) is 0 Å². The Morgan fingerprint density at radius 3 is 1.36 bits per heavy atom. The van der Waals surface area contributed by atoms with Gasteiger partial charge in [-0.1, -0.05) is 170 Å². The van der Waals surface area contributed by atoms with Gasteiger partial charge in [-0.05, 0) is 156 Å². The number of benzene rings is 12. The minimum atomic E-state index is 1.22. The van der Waals surface area contributed by atoms with Crippen LogP contribution in [0.5, 0.6) is 0 Å². The van der Waals surface area contributed by atoms with Crippen molar-refractivity contribution in [2.45, 2.75) is 0 Å². The topological polar surface area (TPSA) is 0 Å². The summed E-state index contributed by atoms with van der Waals surface area (Å²) in [5.41, 5.74) is 7.47. The molecule has 0 aliphatic rings. The van der Waals surface area contributed by atoms with Gasteiger partial charge in [0.15, 0.2) is 0 Å². The van der Waals surface area contributed by atoms with Crippen molar-refractivity contribution in [1.82, 2.24) is 0 Å². The van der Waals surface area contributed by atoms with Gasteiger partial charge in [0.2, 0.25) is 0 Å². The lowest BCUT2D eigenvalue weighted by Gasteiger charge is -2.17. The highest BCUT2D eigenvalue weighted by Crippen LogP contribution is 2.44. The molecule has 258 valence electrons. The van der Waals surface area contributed by atoms with Crippen molar-refractivity contribution in [2.75, 3.05) is 0 Å². The molecule has 0 amide bonds. The van der Waals surface area contributed by atoms with Crippen molar-refractivity contribution in [2.24, 2.45) is 0 Å². The molecule has 0 radical (unpaired) electrons. The summed E-state index contributed by atoms with van der Waals surface area (Å²) in [6.45, 7) is 0. The second kappa shape index (κ2) is 12.1. The minimum absolute atomic E-state index is 1.22. The van der Waals surface area contributed by atoms with E-state index in [9.17, 15) is 0 Å². The molecule has 0 atom stereocenters. The molecule has 56 heavy (non-hydrogen) atoms. The van der Waals surface area contributed by atoms with Crippen LogP contribution < -0.4 is 0 Å². The third-order valence-corrected chi connectivity index (χ3v) is 12.1. The van der Waals surface area contributed by atoms with Crippen molar-refractivity contribution in [3.05, 3.63) is 206 Å². The summed E-state index contributed by atoms with van der Waals surface area (Å²) < 4.78 is 0. The SMILES string of the molecule is c1ccc2c(-c3cc4ccccc4c4c3ccc3ccccc34)cc(-c3ccc4cc(-c5cc6ccc7ccccc7c6c6ccccc56)ccc4c3)cc2c1. The number of rotatable bonds is 3. The molecule has 0 aromatic heterocycles. The molecule has 0 saturated heterocycles. The van der Waals surface area contributed by atoms with E-state index >= 15 is 0 Å². The van der Waals surface area contributed by atoms with Crippen LogP contribution in [-0.4, -0.2) is 0 Å². The summed E-state index contributed by atoms with van der Waals surface area (Å²) >= 11 is 0. The maximum atomic E-state index is 2.42. The Kier molecular flexibility index (Phi) is 6.73. The fourth-order valence-corrected chi connectivity index (χ4v) is 9.50. The molecule has 0 fully saturated rings. The predicted molar refractivity (Wildman–Crippen MR) is 243 cm³/mol. The molecule has 0 N–H and O–H groups in total. The van der Waals surface area contributed by atoms with Gasteiger partial charge in [-0.3, -0.25) is 0 Å². The zero-order chi connectivity index (χ0) is 36.7. The van der Waals surface area contributed by atoms with Crippen LogP contribution in [0.4, 0.5) is 0 Å². The molecular formula is C56H34. The fourth-order valence-electron chi connectivity index (χ4n) is 9.50. The van der Waals surface area contributed by atoms with E-state index < -0.39 is 0 Å². The lowest BCUT2D eigenvalue weighted by atomic mass is 9.87. The number of fused-ring (bicyclic) bond motifs is 12. The molecule has 12 aromatic rings. The van der Waals surface area contributed by atoms with Crippen molar-refractivity contribution in [3.63, 3.8) is 0 Å². The molecule has 0 saturated carbocycles. The van der Waals surface area contributed by atoms with E-state index in [2.05, 4.69) is 206 Å². The molecule has 0 heterocycles. The standard InChI is InChI=1S/C56H34/c1-6-16-46-35(11-1)21-26-43-33-52(49-19-9-10-20-50(49)55(43)46)42-25-24-37-29-39(23-22-38(37)30-42)44-31-40-13-3-5-15-45(40)53(34-44)54-32-41-14-4-8-18-48(41)56-47-17-7-2-12-36(47)27-28-51(54)56/h1-34H. The van der Waals surface area contributed by atoms with E-state index in [1.165, 1.54) is 120 Å². The normalized spacial score (nSPS) is 11.9. The second-order valence-electron chi connectivity index (χ2n) is 15.2. The van der Waals surface area contributed by atoms with Crippen LogP contribution in [0.15, 0.2) is 206 Å². The summed E-state index contributed by atoms with van der Waals surface area (Å²) in [6, 6.07) is 76.7. The Morgan fingerprint density at radius 2 is 0.625 bits per heavy atom. The minimum Gasteiger partial charge on any atom is -0.0616 e. The van der Waals surface area contributed by atoms with Gasteiger partial charge < -0.3 is 0 Å². The second-order valence-corrected chi connectivity index (χ2v) is 15.2. The Labute approximate surface area is 324 Å². The van der Waals surface area contributed by atoms with E-state index in [0.717, 1.165) is 0 Å². The average Bonchev–Trinajstić information content (AvgIpc) is 3.27. The smallest absolute Gasteiger partial charge is 0.00206 e. The van der Waals surface area contributed by atoms with Crippen LogP contribution in [0.3, 0.4) is 0 Å². The largest absolute Gasteiger partial charge is 0.0616 e. The van der Waals surface area contributed by atoms with Crippen LogP contribution in [0.2, 0.25) is 0 Å². The first kappa shape index (κ1) is 31.1. The lowest BCUT2D eigenvalue weighted by Crippen LogP contribution is -1.90. The molecule has 0 aliphatic heterocycles. The van der Waals surface area contributed by atoms with Crippen molar-refractivity contribution >= 4 is 86.2 Å². The van der Waals surface area contributed by atoms with Crippen molar-refractivity contribution in [3.8, 4) is 33.4 Å². The van der Waals surface area contributed by atoms with Gasteiger partial charge >= 0.3 is 0 Å². The summed E-state index contributed by atoms with van der Waals surface area (Å²) in [5, 5.41) is 20.5. The lowest BCUT2D eigenvalue weighted by molar-refractivity contribution is 1.65. The molecule has 0 aliphatic carbocycles. The summed E-state index contributed by atoms with van der Waals surface area (Å²) in [7, 11) is 0. The van der Waals surface area contributed by atoms with Crippen LogP contribution in [0.25, 0.3) is 120 Å². The third-order valence-electron chi connectivity index (χ3n) is 12.1. The Morgan fingerprint density at radius 1 is 0.179 bits per heavy atom. The summed E-state index contributed by atoms with van der Waals surface area (Å²) in [5.74, 6) is 0. The first-order valence-corrected chi connectivity index (χ1v) is 19.5. The van der Waals surface area contributed by atoms with Crippen LogP contribution in [0.1, 0.15) is 0 Å². The molecular weight excluding hydrogens is 673 g/mol. The van der Waals surface area contributed by atoms with Crippen molar-refractivity contribution < 1.29 is 0 Å². The molecule has 0 spiro atoms. The molecule has 0 bridgehead atoms. The predicted octanol–water partition coefficient (Wildman–Crippen LogP) is 15.9. The van der Waals surface area contributed by atoms with E-state index in [1.54, 1.807) is 0 Å². The molecule has 12 rings (SSSR count). The van der Waals surface area contributed by atoms with E-state index in [4.69, 9.17) is 0 Å². The Bertz CT molecular complexity index is 3570. The zero-order valence-electron chi connectivity index (χ0n) is 30.6. The molecule has 0 heteroatoms. The van der Waals surface area contributed by atoms with Crippen LogP contribution >= 0.6 is 0 Å². The van der Waals surface area contributed by atoms with Gasteiger partial charge in [-0.15, -0.1) is 0 Å². The number of hydrogen-bond donors (Lipinski definition) is 0. The first-order valence-electron chi connectivity index (χ1n) is 19.5. The third kappa shape index (κ3) is 4.73. The molecule has 0 unspecified atom stereocenters. The number of hydrogen-bond acceptors (Lipinski definition) is 0. The van der Waals surface area contributed by atoms with Gasteiger partial charge in [-0.2, -0.15) is 0 Å². The quantitative estimate of drug-likeness (QED) is 0.160. The maximum absolute atomic E-state index is 2.42. The first-order chi connectivity index (χ1) is 27.7. The van der Waals surface area contributed by atoms with Gasteiger partial charge in [-0.25, -0.2) is 0 Å². The monoisotopic (exact) mass is 706 g/mol. The highest BCUT2D eigenvalue weighted by molar-refractivity contribution is 6.26. The van der Waals surface area contributed by atoms with Crippen molar-refractivity contribution in [1.29, 1.82) is 0 Å². The average molecular weight is 707 g/mol. The Hall–Kier alpha value is -7.28. The van der Waals surface area contributed by atoms with Gasteiger partial charge in [0.25, 0.3) is 0 Å². The Balaban J connectivity index is 1.03. The zero-order valence-corrected chi connectivity index (χ0v) is 30.6. The van der Waals surface area contributed by atoms with E-state index in [1.807, 2.05) is 0 Å². The maximum Gasteiger partial charge on any atom is -0.00206 e. The summed E-state index contributed by atoms with van der Waals surface area (Å²) in [4.78, 5) is 0. The van der Waals surface area contributed by atoms with Gasteiger partial charge in [0, 0.05) is 0 Å². The van der Waals surface area contributed by atoms with Crippen LogP contribution in [0, 0.1) is 0 Å². The highest BCUT2D eigenvalue weighted by atomic mass is 14.2. The molecule has 12 aromatic carbocycles. The van der Waals surface area contributed by atoms with Crippen LogP contribution in [-0.2, 0) is 0 Å². The van der Waals surface area contributed by atoms with Gasteiger partial charge in [0.1, 0.15) is 0 Å². The molecule has 0 nitrogen and oxygen atoms in total. The fraction of sp³-hybridized carbons (Fsp3) is 0. The van der Waals surface area contributed by atoms with Gasteiger partial charge in [0.05, 0.1) is 0 Å². The van der Waals surface area contributed by atoms with E-state index in [-0.39, 0.29) is 0 Å². The summed E-state index contributed by atoms with van der Waals surface area (Å²) in [6.07, 6.45) is 0.